The maximum Gasteiger partial charge on any atom is 0.256 e. The average Bonchev–Trinajstić information content (AvgIpc) is 2.38. The van der Waals surface area contributed by atoms with Crippen LogP contribution in [0.5, 0.6) is 0 Å². The van der Waals surface area contributed by atoms with Gasteiger partial charge >= 0.3 is 0 Å². The summed E-state index contributed by atoms with van der Waals surface area (Å²) in [5.74, 6) is 0.0459. The van der Waals surface area contributed by atoms with Crippen LogP contribution >= 0.6 is 15.9 Å². The fraction of sp³-hybridized carbons (Fsp3) is 0.538. The lowest BCUT2D eigenvalue weighted by Crippen LogP contribution is -2.44. The van der Waals surface area contributed by atoms with E-state index in [2.05, 4.69) is 32.9 Å². The zero-order chi connectivity index (χ0) is 13.1. The van der Waals surface area contributed by atoms with Crippen LogP contribution in [-0.2, 0) is 0 Å². The molecular weight excluding hydrogens is 294 g/mol. The molecule has 0 radical (unpaired) electrons. The first-order valence-electron chi connectivity index (χ1n) is 6.16. The summed E-state index contributed by atoms with van der Waals surface area (Å²) in [5, 5.41) is 0. The molecule has 1 aromatic heterocycles. The Labute approximate surface area is 116 Å². The number of aromatic nitrogens is 1. The molecule has 1 saturated heterocycles. The standard InChI is InChI=1S/C13H18BrN3O/c1-16-8-5-10(6-9-16)17(2)13(18)11-4-3-7-15-12(11)14/h3-4,7,10H,5-6,8-9H2,1-2H3. The van der Waals surface area contributed by atoms with Crippen molar-refractivity contribution in [2.24, 2.45) is 0 Å². The number of carbonyl (C=O) groups is 1. The second kappa shape index (κ2) is 5.80. The SMILES string of the molecule is CN1CCC(N(C)C(=O)c2cccnc2Br)CC1. The highest BCUT2D eigenvalue weighted by molar-refractivity contribution is 9.10. The smallest absolute Gasteiger partial charge is 0.256 e. The van der Waals surface area contributed by atoms with Gasteiger partial charge in [-0.25, -0.2) is 4.98 Å². The highest BCUT2D eigenvalue weighted by atomic mass is 79.9. The summed E-state index contributed by atoms with van der Waals surface area (Å²) in [6, 6.07) is 3.94. The number of halogens is 1. The van der Waals surface area contributed by atoms with Gasteiger partial charge in [-0.05, 0) is 61.0 Å². The van der Waals surface area contributed by atoms with Crippen molar-refractivity contribution in [2.75, 3.05) is 27.2 Å². The predicted octanol–water partition coefficient (Wildman–Crippen LogP) is 2.01. The maximum atomic E-state index is 12.4. The zero-order valence-corrected chi connectivity index (χ0v) is 12.4. The fourth-order valence-electron chi connectivity index (χ4n) is 2.28. The van der Waals surface area contributed by atoms with E-state index in [4.69, 9.17) is 0 Å². The number of likely N-dealkylation sites (tertiary alicyclic amines) is 1. The van der Waals surface area contributed by atoms with E-state index in [0.717, 1.165) is 25.9 Å². The zero-order valence-electron chi connectivity index (χ0n) is 10.8. The first-order valence-corrected chi connectivity index (χ1v) is 6.95. The van der Waals surface area contributed by atoms with E-state index in [1.54, 1.807) is 12.3 Å². The maximum absolute atomic E-state index is 12.4. The van der Waals surface area contributed by atoms with E-state index >= 15 is 0 Å². The van der Waals surface area contributed by atoms with Crippen LogP contribution < -0.4 is 0 Å². The summed E-state index contributed by atoms with van der Waals surface area (Å²) in [6.07, 6.45) is 3.75. The number of rotatable bonds is 2. The molecule has 0 aliphatic carbocycles. The summed E-state index contributed by atoms with van der Waals surface area (Å²) in [4.78, 5) is 20.6. The fourth-order valence-corrected chi connectivity index (χ4v) is 2.70. The third-order valence-corrected chi connectivity index (χ3v) is 4.18. The second-order valence-corrected chi connectivity index (χ2v) is 5.54. The van der Waals surface area contributed by atoms with Gasteiger partial charge in [0.1, 0.15) is 4.60 Å². The molecule has 0 aromatic carbocycles. The van der Waals surface area contributed by atoms with Crippen molar-refractivity contribution >= 4 is 21.8 Å². The molecule has 0 spiro atoms. The van der Waals surface area contributed by atoms with Crippen LogP contribution in [0.15, 0.2) is 22.9 Å². The Morgan fingerprint density at radius 3 is 2.78 bits per heavy atom. The second-order valence-electron chi connectivity index (χ2n) is 4.79. The van der Waals surface area contributed by atoms with E-state index in [0.29, 0.717) is 16.2 Å². The molecule has 0 atom stereocenters. The molecule has 0 saturated carbocycles. The lowest BCUT2D eigenvalue weighted by Gasteiger charge is -2.35. The number of pyridine rings is 1. The highest BCUT2D eigenvalue weighted by Gasteiger charge is 2.25. The molecular formula is C13H18BrN3O. The van der Waals surface area contributed by atoms with Crippen molar-refractivity contribution in [1.29, 1.82) is 0 Å². The molecule has 1 aliphatic rings. The summed E-state index contributed by atoms with van der Waals surface area (Å²) < 4.78 is 0.620. The third-order valence-electron chi connectivity index (χ3n) is 3.55. The quantitative estimate of drug-likeness (QED) is 0.784. The van der Waals surface area contributed by atoms with Gasteiger partial charge in [0.2, 0.25) is 0 Å². The number of amides is 1. The van der Waals surface area contributed by atoms with Crippen molar-refractivity contribution in [2.45, 2.75) is 18.9 Å². The topological polar surface area (TPSA) is 36.4 Å². The van der Waals surface area contributed by atoms with Crippen LogP contribution in [0.1, 0.15) is 23.2 Å². The van der Waals surface area contributed by atoms with E-state index in [1.165, 1.54) is 0 Å². The molecule has 2 heterocycles. The largest absolute Gasteiger partial charge is 0.339 e. The van der Waals surface area contributed by atoms with Crippen molar-refractivity contribution in [3.05, 3.63) is 28.5 Å². The minimum absolute atomic E-state index is 0.0459. The van der Waals surface area contributed by atoms with Gasteiger partial charge in [-0.1, -0.05) is 0 Å². The Morgan fingerprint density at radius 2 is 2.17 bits per heavy atom. The molecule has 1 fully saturated rings. The molecule has 1 amide bonds. The van der Waals surface area contributed by atoms with Crippen LogP contribution in [0, 0.1) is 0 Å². The predicted molar refractivity (Wildman–Crippen MR) is 74.5 cm³/mol. The molecule has 0 bridgehead atoms. The van der Waals surface area contributed by atoms with Gasteiger partial charge in [0.25, 0.3) is 5.91 Å². The van der Waals surface area contributed by atoms with Gasteiger partial charge < -0.3 is 9.80 Å². The van der Waals surface area contributed by atoms with Crippen molar-refractivity contribution < 1.29 is 4.79 Å². The number of hydrogen-bond acceptors (Lipinski definition) is 3. The molecule has 0 N–H and O–H groups in total. The van der Waals surface area contributed by atoms with E-state index in [9.17, 15) is 4.79 Å². The van der Waals surface area contributed by atoms with E-state index in [-0.39, 0.29) is 5.91 Å². The van der Waals surface area contributed by atoms with E-state index < -0.39 is 0 Å². The normalized spacial score (nSPS) is 17.7. The molecule has 5 heteroatoms. The van der Waals surface area contributed by atoms with Crippen LogP contribution in [0.25, 0.3) is 0 Å². The van der Waals surface area contributed by atoms with Gasteiger partial charge in [-0.15, -0.1) is 0 Å². The Kier molecular flexibility index (Phi) is 4.35. The number of hydrogen-bond donors (Lipinski definition) is 0. The lowest BCUT2D eigenvalue weighted by atomic mass is 10.0. The third kappa shape index (κ3) is 2.90. The Hall–Kier alpha value is -0.940. The van der Waals surface area contributed by atoms with Crippen LogP contribution in [0.4, 0.5) is 0 Å². The van der Waals surface area contributed by atoms with Gasteiger partial charge in [-0.3, -0.25) is 4.79 Å². The number of piperidine rings is 1. The Morgan fingerprint density at radius 1 is 1.50 bits per heavy atom. The minimum atomic E-state index is 0.0459. The number of carbonyl (C=O) groups excluding carboxylic acids is 1. The molecule has 0 unspecified atom stereocenters. The monoisotopic (exact) mass is 311 g/mol. The van der Waals surface area contributed by atoms with Gasteiger partial charge in [0.15, 0.2) is 0 Å². The Balaban J connectivity index is 2.07. The summed E-state index contributed by atoms with van der Waals surface area (Å²) in [6.45, 7) is 2.10. The summed E-state index contributed by atoms with van der Waals surface area (Å²) in [5.41, 5.74) is 0.638. The highest BCUT2D eigenvalue weighted by Crippen LogP contribution is 2.19. The van der Waals surface area contributed by atoms with Crippen LogP contribution in [-0.4, -0.2) is 53.9 Å². The summed E-state index contributed by atoms with van der Waals surface area (Å²) >= 11 is 3.33. The van der Waals surface area contributed by atoms with E-state index in [1.807, 2.05) is 18.0 Å². The van der Waals surface area contributed by atoms with Crippen molar-refractivity contribution in [1.82, 2.24) is 14.8 Å². The van der Waals surface area contributed by atoms with Gasteiger partial charge in [0.05, 0.1) is 5.56 Å². The van der Waals surface area contributed by atoms with Crippen molar-refractivity contribution in [3.8, 4) is 0 Å². The molecule has 1 aliphatic heterocycles. The Bertz CT molecular complexity index is 430. The molecule has 4 nitrogen and oxygen atoms in total. The van der Waals surface area contributed by atoms with Gasteiger partial charge in [-0.2, -0.15) is 0 Å². The van der Waals surface area contributed by atoms with Gasteiger partial charge in [0, 0.05) is 19.3 Å². The van der Waals surface area contributed by atoms with Crippen LogP contribution in [0.3, 0.4) is 0 Å². The van der Waals surface area contributed by atoms with Crippen molar-refractivity contribution in [3.63, 3.8) is 0 Å². The minimum Gasteiger partial charge on any atom is -0.339 e. The molecule has 2 rings (SSSR count). The number of nitrogens with zero attached hydrogens (tertiary/aromatic N) is 3. The lowest BCUT2D eigenvalue weighted by molar-refractivity contribution is 0.0658. The summed E-state index contributed by atoms with van der Waals surface area (Å²) in [7, 11) is 4.01. The molecule has 18 heavy (non-hydrogen) atoms. The van der Waals surface area contributed by atoms with Crippen LogP contribution in [0.2, 0.25) is 0 Å². The first kappa shape index (κ1) is 13.5. The molecule has 98 valence electrons. The first-order chi connectivity index (χ1) is 8.59. The molecule has 1 aromatic rings. The average molecular weight is 312 g/mol.